The monoisotopic (exact) mass is 1000 g/mol. The molecule has 0 aliphatic carbocycles. The lowest BCUT2D eigenvalue weighted by molar-refractivity contribution is -0.167. The zero-order chi connectivity index (χ0) is 52.2. The van der Waals surface area contributed by atoms with Crippen LogP contribution in [0.1, 0.15) is 284 Å². The normalized spacial score (nSPS) is 12.8. The van der Waals surface area contributed by atoms with Gasteiger partial charge in [0, 0.05) is 19.3 Å². The van der Waals surface area contributed by atoms with Crippen molar-refractivity contribution in [3.8, 4) is 0 Å². The summed E-state index contributed by atoms with van der Waals surface area (Å²) in [5, 5.41) is 0. The van der Waals surface area contributed by atoms with Gasteiger partial charge in [-0.3, -0.25) is 14.4 Å². The van der Waals surface area contributed by atoms with Crippen molar-refractivity contribution < 1.29 is 28.6 Å². The van der Waals surface area contributed by atoms with Gasteiger partial charge in [0.15, 0.2) is 6.10 Å². The summed E-state index contributed by atoms with van der Waals surface area (Å²) in [6.45, 7) is 6.48. The summed E-state index contributed by atoms with van der Waals surface area (Å²) in [7, 11) is 0. The highest BCUT2D eigenvalue weighted by molar-refractivity contribution is 5.71. The smallest absolute Gasteiger partial charge is 0.306 e. The Morgan fingerprint density at radius 3 is 1.00 bits per heavy atom. The van der Waals surface area contributed by atoms with Crippen LogP contribution in [0.4, 0.5) is 0 Å². The third-order valence-electron chi connectivity index (χ3n) is 12.9. The molecule has 0 heterocycles. The first-order chi connectivity index (χ1) is 35.5. The maximum absolute atomic E-state index is 12.9. The molecule has 0 saturated carbocycles. The van der Waals surface area contributed by atoms with Crippen LogP contribution in [0, 0.1) is 0 Å². The van der Waals surface area contributed by atoms with Crippen LogP contribution in [0.2, 0.25) is 0 Å². The first-order valence-corrected chi connectivity index (χ1v) is 30.3. The van der Waals surface area contributed by atoms with Crippen LogP contribution in [0.5, 0.6) is 0 Å². The van der Waals surface area contributed by atoms with E-state index >= 15 is 0 Å². The van der Waals surface area contributed by atoms with Gasteiger partial charge in [-0.25, -0.2) is 0 Å². The zero-order valence-electron chi connectivity index (χ0n) is 47.2. The Morgan fingerprint density at radius 1 is 0.306 bits per heavy atom. The number of allylic oxidation sites excluding steroid dienone is 16. The van der Waals surface area contributed by atoms with Gasteiger partial charge in [0.1, 0.15) is 13.2 Å². The van der Waals surface area contributed by atoms with Gasteiger partial charge >= 0.3 is 17.9 Å². The Hall–Kier alpha value is -3.67. The fourth-order valence-electron chi connectivity index (χ4n) is 8.39. The molecule has 0 bridgehead atoms. The predicted octanol–water partition coefficient (Wildman–Crippen LogP) is 20.5. The summed E-state index contributed by atoms with van der Waals surface area (Å²) in [5.74, 6) is -0.919. The van der Waals surface area contributed by atoms with Crippen LogP contribution in [0.15, 0.2) is 97.2 Å². The van der Waals surface area contributed by atoms with Crippen molar-refractivity contribution in [2.24, 2.45) is 0 Å². The molecule has 0 fully saturated rings. The van der Waals surface area contributed by atoms with Gasteiger partial charge in [0.25, 0.3) is 0 Å². The van der Waals surface area contributed by atoms with E-state index in [0.717, 1.165) is 122 Å². The number of carbonyl (C=O) groups excluding carboxylic acids is 3. The van der Waals surface area contributed by atoms with Gasteiger partial charge in [0.2, 0.25) is 0 Å². The first kappa shape index (κ1) is 68.3. The Morgan fingerprint density at radius 2 is 0.597 bits per heavy atom. The minimum Gasteiger partial charge on any atom is -0.462 e. The van der Waals surface area contributed by atoms with Crippen molar-refractivity contribution in [3.63, 3.8) is 0 Å². The highest BCUT2D eigenvalue weighted by atomic mass is 16.6. The third kappa shape index (κ3) is 57.2. The lowest BCUT2D eigenvalue weighted by Gasteiger charge is -2.18. The average Bonchev–Trinajstić information content (AvgIpc) is 3.38. The molecule has 6 heteroatoms. The van der Waals surface area contributed by atoms with Gasteiger partial charge in [-0.2, -0.15) is 0 Å². The number of unbranched alkanes of at least 4 members (excludes halogenated alkanes) is 30. The van der Waals surface area contributed by atoms with Crippen LogP contribution in [0.3, 0.4) is 0 Å². The molecule has 72 heavy (non-hydrogen) atoms. The molecule has 6 nitrogen and oxygen atoms in total. The number of hydrogen-bond acceptors (Lipinski definition) is 6. The lowest BCUT2D eigenvalue weighted by Crippen LogP contribution is -2.30. The quantitative estimate of drug-likeness (QED) is 0.0199. The maximum Gasteiger partial charge on any atom is 0.306 e. The molecule has 0 amide bonds. The van der Waals surface area contributed by atoms with Crippen molar-refractivity contribution in [3.05, 3.63) is 97.2 Å². The van der Waals surface area contributed by atoms with E-state index in [2.05, 4.69) is 118 Å². The second-order valence-electron chi connectivity index (χ2n) is 20.0. The second kappa shape index (κ2) is 59.9. The van der Waals surface area contributed by atoms with Crippen molar-refractivity contribution in [2.45, 2.75) is 290 Å². The molecule has 1 atom stereocenters. The van der Waals surface area contributed by atoms with Crippen molar-refractivity contribution >= 4 is 17.9 Å². The lowest BCUT2D eigenvalue weighted by atomic mass is 10.0. The molecule has 1 unspecified atom stereocenters. The van der Waals surface area contributed by atoms with Crippen LogP contribution < -0.4 is 0 Å². The summed E-state index contributed by atoms with van der Waals surface area (Å²) in [4.78, 5) is 38.3. The number of carbonyl (C=O) groups is 3. The number of esters is 3. The van der Waals surface area contributed by atoms with Crippen molar-refractivity contribution in [2.75, 3.05) is 13.2 Å². The summed E-state index contributed by atoms with van der Waals surface area (Å²) in [6, 6.07) is 0. The molecule has 0 spiro atoms. The summed E-state index contributed by atoms with van der Waals surface area (Å²) >= 11 is 0. The Bertz CT molecular complexity index is 1430. The molecule has 0 aromatic rings. The third-order valence-corrected chi connectivity index (χ3v) is 12.9. The van der Waals surface area contributed by atoms with Gasteiger partial charge in [-0.1, -0.05) is 279 Å². The van der Waals surface area contributed by atoms with E-state index in [1.165, 1.54) is 122 Å². The second-order valence-corrected chi connectivity index (χ2v) is 20.0. The zero-order valence-corrected chi connectivity index (χ0v) is 47.2. The summed E-state index contributed by atoms with van der Waals surface area (Å²) in [5.41, 5.74) is 0. The SMILES string of the molecule is CC/C=C\C/C=C\C/C=C\C/C=C\CCCCCCCCC(=O)OCC(COC(=O)CCCCCCCCCCCCCCCCCCC)OC(=O)CCCCCCC\C=C/C=C\C=C/C=C\CCCCC. The van der Waals surface area contributed by atoms with Crippen LogP contribution in [0.25, 0.3) is 0 Å². The molecule has 0 aliphatic rings. The average molecular weight is 1000 g/mol. The fourth-order valence-corrected chi connectivity index (χ4v) is 8.39. The Balaban J connectivity index is 4.46. The minimum atomic E-state index is -0.797. The van der Waals surface area contributed by atoms with Gasteiger partial charge in [-0.05, 0) is 83.5 Å². The van der Waals surface area contributed by atoms with E-state index in [-0.39, 0.29) is 31.1 Å². The molecular formula is C66H112O6. The van der Waals surface area contributed by atoms with Gasteiger partial charge < -0.3 is 14.2 Å². The molecule has 0 N–H and O–H groups in total. The molecule has 0 aromatic carbocycles. The van der Waals surface area contributed by atoms with Crippen LogP contribution in [-0.4, -0.2) is 37.2 Å². The molecule has 0 saturated heterocycles. The molecule has 0 aliphatic heterocycles. The van der Waals surface area contributed by atoms with Crippen LogP contribution >= 0.6 is 0 Å². The predicted molar refractivity (Wildman–Crippen MR) is 311 cm³/mol. The minimum absolute atomic E-state index is 0.0904. The number of rotatable bonds is 54. The maximum atomic E-state index is 12.9. The van der Waals surface area contributed by atoms with Crippen LogP contribution in [-0.2, 0) is 28.6 Å². The van der Waals surface area contributed by atoms with E-state index in [9.17, 15) is 14.4 Å². The largest absolute Gasteiger partial charge is 0.462 e. The molecule has 412 valence electrons. The molecule has 0 rings (SSSR count). The van der Waals surface area contributed by atoms with E-state index in [1.54, 1.807) is 0 Å². The number of ether oxygens (including phenoxy) is 3. The van der Waals surface area contributed by atoms with E-state index in [0.29, 0.717) is 19.3 Å². The van der Waals surface area contributed by atoms with Crippen molar-refractivity contribution in [1.29, 1.82) is 0 Å². The topological polar surface area (TPSA) is 78.9 Å². The van der Waals surface area contributed by atoms with Gasteiger partial charge in [0.05, 0.1) is 0 Å². The standard InChI is InChI=1S/C66H112O6/c1-4-7-10-13-16-19-22-25-28-31-33-36-38-41-44-47-50-53-56-59-65(68)71-62-63(61-70-64(67)58-55-52-49-46-43-40-37-34-30-27-24-21-18-15-12-9-6-3)72-66(69)60-57-54-51-48-45-42-39-35-32-29-26-23-20-17-14-11-8-5-2/h7,10,16-17,19-20,23,25-26,28-29,32-33,35-36,39,63H,4-6,8-9,11-15,18,21-22,24,27,30-31,34,37-38,40-62H2,1-3H3/b10-7-,19-16-,20-17-,26-23-,28-25-,32-29-,36-33-,39-35-. The molecular weight excluding hydrogens is 889 g/mol. The van der Waals surface area contributed by atoms with Gasteiger partial charge in [-0.15, -0.1) is 0 Å². The summed E-state index contributed by atoms with van der Waals surface area (Å²) in [6.07, 6.45) is 79.6. The number of hydrogen-bond donors (Lipinski definition) is 0. The Labute approximate surface area is 445 Å². The molecule has 0 aromatic heterocycles. The van der Waals surface area contributed by atoms with E-state index in [4.69, 9.17) is 14.2 Å². The molecule has 0 radical (unpaired) electrons. The highest BCUT2D eigenvalue weighted by Crippen LogP contribution is 2.16. The van der Waals surface area contributed by atoms with E-state index < -0.39 is 6.10 Å². The fraction of sp³-hybridized carbons (Fsp3) is 0.712. The summed E-state index contributed by atoms with van der Waals surface area (Å²) < 4.78 is 16.9. The Kier molecular flexibility index (Phi) is 56.8. The van der Waals surface area contributed by atoms with Crippen molar-refractivity contribution in [1.82, 2.24) is 0 Å². The van der Waals surface area contributed by atoms with E-state index in [1.807, 2.05) is 0 Å². The highest BCUT2D eigenvalue weighted by Gasteiger charge is 2.19. The first-order valence-electron chi connectivity index (χ1n) is 30.3.